The molecule has 0 saturated carbocycles. The van der Waals surface area contributed by atoms with Gasteiger partial charge in [-0.25, -0.2) is 0 Å². The third kappa shape index (κ3) is 1.93. The first kappa shape index (κ1) is 13.1. The number of benzene rings is 1. The molecule has 0 aliphatic carbocycles. The maximum absolute atomic E-state index is 6.08. The molecule has 3 heterocycles. The number of ether oxygens (including phenoxy) is 1. The van der Waals surface area contributed by atoms with E-state index in [4.69, 9.17) is 16.3 Å². The van der Waals surface area contributed by atoms with Gasteiger partial charge in [0.2, 0.25) is 0 Å². The molecule has 0 aromatic heterocycles. The Morgan fingerprint density at radius 3 is 2.80 bits per heavy atom. The van der Waals surface area contributed by atoms with Crippen molar-refractivity contribution in [2.75, 3.05) is 13.2 Å². The summed E-state index contributed by atoms with van der Waals surface area (Å²) >= 11 is 6.04. The fourth-order valence-electron chi connectivity index (χ4n) is 4.92. The third-order valence-corrected chi connectivity index (χ3v) is 5.88. The van der Waals surface area contributed by atoms with Gasteiger partial charge in [-0.1, -0.05) is 23.7 Å². The predicted molar refractivity (Wildman–Crippen MR) is 81.2 cm³/mol. The van der Waals surface area contributed by atoms with E-state index in [9.17, 15) is 0 Å². The van der Waals surface area contributed by atoms with Gasteiger partial charge in [0.25, 0.3) is 0 Å². The summed E-state index contributed by atoms with van der Waals surface area (Å²) in [6.07, 6.45) is 4.47. The van der Waals surface area contributed by atoms with Crippen LogP contribution in [0, 0.1) is 5.92 Å². The second-order valence-electron chi connectivity index (χ2n) is 6.46. The van der Waals surface area contributed by atoms with Crippen molar-refractivity contribution in [3.8, 4) is 0 Å². The van der Waals surface area contributed by atoms with Crippen molar-refractivity contribution in [1.82, 2.24) is 4.90 Å². The number of halogens is 1. The van der Waals surface area contributed by atoms with E-state index in [1.54, 1.807) is 0 Å². The molecule has 6 atom stereocenters. The maximum atomic E-state index is 6.08. The quantitative estimate of drug-likeness (QED) is 0.842. The highest BCUT2D eigenvalue weighted by Crippen LogP contribution is 2.52. The van der Waals surface area contributed by atoms with Gasteiger partial charge >= 0.3 is 0 Å². The summed E-state index contributed by atoms with van der Waals surface area (Å²) in [6.45, 7) is 4.10. The van der Waals surface area contributed by atoms with Gasteiger partial charge in [-0.15, -0.1) is 0 Å². The predicted octanol–water partition coefficient (Wildman–Crippen LogP) is 3.70. The summed E-state index contributed by atoms with van der Waals surface area (Å²) in [5.74, 6) is 1.33. The molecule has 0 radical (unpaired) electrons. The molecule has 3 aliphatic heterocycles. The summed E-state index contributed by atoms with van der Waals surface area (Å²) < 4.78 is 6.08. The van der Waals surface area contributed by atoms with E-state index >= 15 is 0 Å². The molecule has 20 heavy (non-hydrogen) atoms. The molecule has 3 unspecified atom stereocenters. The SMILES string of the molecule is CCOC1CN2C3CC[C@@H]2[C@@H]1[C@@H](c1ccc(Cl)cc1)C3. The van der Waals surface area contributed by atoms with E-state index in [0.29, 0.717) is 17.9 Å². The van der Waals surface area contributed by atoms with Crippen molar-refractivity contribution < 1.29 is 4.74 Å². The molecular formula is C17H22ClNO. The standard InChI is InChI=1S/C17H22ClNO/c1-2-20-16-10-19-13-7-8-15(19)17(16)14(9-13)11-3-5-12(18)6-4-11/h3-6,13-17H,2,7-10H2,1H3/t13?,14-,15-,16?,17+/m1/s1. The van der Waals surface area contributed by atoms with Crippen molar-refractivity contribution in [1.29, 1.82) is 0 Å². The van der Waals surface area contributed by atoms with Gasteiger partial charge in [0.1, 0.15) is 0 Å². The molecule has 108 valence electrons. The first-order chi connectivity index (χ1) is 9.78. The number of nitrogens with zero attached hydrogens (tertiary/aromatic N) is 1. The Balaban J connectivity index is 1.67. The summed E-state index contributed by atoms with van der Waals surface area (Å²) in [5.41, 5.74) is 1.46. The van der Waals surface area contributed by atoms with Gasteiger partial charge in [-0.3, -0.25) is 4.90 Å². The van der Waals surface area contributed by atoms with Gasteiger partial charge in [-0.2, -0.15) is 0 Å². The molecule has 2 nitrogen and oxygen atoms in total. The average molecular weight is 292 g/mol. The van der Waals surface area contributed by atoms with Crippen LogP contribution in [0.25, 0.3) is 0 Å². The largest absolute Gasteiger partial charge is 0.377 e. The summed E-state index contributed by atoms with van der Waals surface area (Å²) in [7, 11) is 0. The average Bonchev–Trinajstić information content (AvgIpc) is 2.86. The molecule has 1 aromatic rings. The molecule has 4 bridgehead atoms. The minimum atomic E-state index is 0.427. The van der Waals surface area contributed by atoms with Crippen LogP contribution < -0.4 is 0 Å². The van der Waals surface area contributed by atoms with Crippen LogP contribution in [0.3, 0.4) is 0 Å². The number of hydrogen-bond donors (Lipinski definition) is 0. The fourth-order valence-corrected chi connectivity index (χ4v) is 5.04. The second-order valence-corrected chi connectivity index (χ2v) is 6.90. The van der Waals surface area contributed by atoms with E-state index in [1.165, 1.54) is 24.8 Å². The minimum Gasteiger partial charge on any atom is -0.377 e. The van der Waals surface area contributed by atoms with Crippen LogP contribution in [0.2, 0.25) is 5.02 Å². The van der Waals surface area contributed by atoms with Crippen LogP contribution in [0.5, 0.6) is 0 Å². The lowest BCUT2D eigenvalue weighted by Gasteiger charge is -2.38. The Hall–Kier alpha value is -0.570. The normalized spacial score (nSPS) is 42.1. The smallest absolute Gasteiger partial charge is 0.0750 e. The molecule has 3 saturated heterocycles. The molecule has 3 heteroatoms. The Morgan fingerprint density at radius 1 is 1.25 bits per heavy atom. The minimum absolute atomic E-state index is 0.427. The van der Waals surface area contributed by atoms with Crippen LogP contribution >= 0.6 is 11.6 Å². The van der Waals surface area contributed by atoms with Gasteiger partial charge in [0.05, 0.1) is 6.10 Å². The zero-order valence-corrected chi connectivity index (χ0v) is 12.7. The molecule has 3 fully saturated rings. The summed E-state index contributed by atoms with van der Waals surface area (Å²) in [6, 6.07) is 10.1. The fraction of sp³-hybridized carbons (Fsp3) is 0.647. The lowest BCUT2D eigenvalue weighted by atomic mass is 9.77. The van der Waals surface area contributed by atoms with Crippen LogP contribution in [0.1, 0.15) is 37.7 Å². The van der Waals surface area contributed by atoms with Gasteiger partial charge in [-0.05, 0) is 49.8 Å². The summed E-state index contributed by atoms with van der Waals surface area (Å²) in [4.78, 5) is 2.73. The van der Waals surface area contributed by atoms with E-state index in [2.05, 4.69) is 24.0 Å². The van der Waals surface area contributed by atoms with Crippen LogP contribution in [0.4, 0.5) is 0 Å². The maximum Gasteiger partial charge on any atom is 0.0750 e. The molecule has 1 aromatic carbocycles. The second kappa shape index (κ2) is 5.01. The highest BCUT2D eigenvalue weighted by Gasteiger charge is 2.55. The molecular weight excluding hydrogens is 270 g/mol. The first-order valence-corrected chi connectivity index (χ1v) is 8.28. The molecule has 0 spiro atoms. The van der Waals surface area contributed by atoms with Gasteiger partial charge in [0, 0.05) is 36.2 Å². The number of piperidine rings is 1. The van der Waals surface area contributed by atoms with E-state index in [1.807, 2.05) is 12.1 Å². The van der Waals surface area contributed by atoms with Crippen molar-refractivity contribution in [2.24, 2.45) is 5.92 Å². The molecule has 0 amide bonds. The van der Waals surface area contributed by atoms with Crippen LogP contribution in [0.15, 0.2) is 24.3 Å². The van der Waals surface area contributed by atoms with Crippen LogP contribution in [-0.4, -0.2) is 36.2 Å². The Bertz CT molecular complexity index is 488. The molecule has 3 aliphatic rings. The lowest BCUT2D eigenvalue weighted by Crippen LogP contribution is -2.41. The van der Waals surface area contributed by atoms with Gasteiger partial charge in [0.15, 0.2) is 0 Å². The lowest BCUT2D eigenvalue weighted by molar-refractivity contribution is 0.0333. The topological polar surface area (TPSA) is 12.5 Å². The van der Waals surface area contributed by atoms with E-state index < -0.39 is 0 Å². The van der Waals surface area contributed by atoms with E-state index in [-0.39, 0.29) is 0 Å². The van der Waals surface area contributed by atoms with E-state index in [0.717, 1.165) is 30.3 Å². The monoisotopic (exact) mass is 291 g/mol. The van der Waals surface area contributed by atoms with Crippen molar-refractivity contribution in [2.45, 2.75) is 50.3 Å². The number of rotatable bonds is 3. The molecule has 4 rings (SSSR count). The highest BCUT2D eigenvalue weighted by molar-refractivity contribution is 6.30. The Kier molecular flexibility index (Phi) is 3.29. The zero-order valence-electron chi connectivity index (χ0n) is 12.0. The van der Waals surface area contributed by atoms with Crippen molar-refractivity contribution >= 4 is 11.6 Å². The Morgan fingerprint density at radius 2 is 2.05 bits per heavy atom. The van der Waals surface area contributed by atoms with Crippen molar-refractivity contribution in [3.63, 3.8) is 0 Å². The third-order valence-electron chi connectivity index (χ3n) is 5.62. The Labute approximate surface area is 126 Å². The van der Waals surface area contributed by atoms with Crippen LogP contribution in [-0.2, 0) is 4.74 Å². The van der Waals surface area contributed by atoms with Gasteiger partial charge < -0.3 is 4.74 Å². The number of hydrogen-bond acceptors (Lipinski definition) is 2. The molecule has 0 N–H and O–H groups in total. The zero-order chi connectivity index (χ0) is 13.7. The highest BCUT2D eigenvalue weighted by atomic mass is 35.5. The van der Waals surface area contributed by atoms with Crippen molar-refractivity contribution in [3.05, 3.63) is 34.9 Å². The first-order valence-electron chi connectivity index (χ1n) is 7.90. The summed E-state index contributed by atoms with van der Waals surface area (Å²) in [5, 5.41) is 0.835.